The quantitative estimate of drug-likeness (QED) is 0.820. The van der Waals surface area contributed by atoms with Crippen molar-refractivity contribution in [3.8, 4) is 11.8 Å². The molecule has 0 bridgehead atoms. The largest absolute Gasteiger partial charge is 0.444 e. The molecule has 1 aromatic carbocycles. The van der Waals surface area contributed by atoms with Gasteiger partial charge in [-0.15, -0.1) is 11.3 Å². The van der Waals surface area contributed by atoms with Crippen molar-refractivity contribution in [3.63, 3.8) is 0 Å². The van der Waals surface area contributed by atoms with Crippen molar-refractivity contribution in [1.82, 2.24) is 10.3 Å². The van der Waals surface area contributed by atoms with Gasteiger partial charge in [0.2, 0.25) is 0 Å². The maximum atomic E-state index is 11.4. The van der Waals surface area contributed by atoms with Crippen molar-refractivity contribution in [2.24, 2.45) is 0 Å². The number of ether oxygens (including phenoxy) is 1. The summed E-state index contributed by atoms with van der Waals surface area (Å²) in [5.41, 5.74) is 3.21. The van der Waals surface area contributed by atoms with Crippen LogP contribution >= 0.6 is 11.3 Å². The molecule has 5 heteroatoms. The third kappa shape index (κ3) is 4.25. The lowest BCUT2D eigenvalue weighted by Gasteiger charge is -2.18. The van der Waals surface area contributed by atoms with Gasteiger partial charge in [0.1, 0.15) is 5.60 Å². The second-order valence-electron chi connectivity index (χ2n) is 5.19. The lowest BCUT2D eigenvalue weighted by molar-refractivity contribution is 0.0535. The second-order valence-corrected chi connectivity index (χ2v) is 6.08. The minimum Gasteiger partial charge on any atom is -0.444 e. The molecule has 0 aliphatic rings. The van der Waals surface area contributed by atoms with Crippen LogP contribution in [0.4, 0.5) is 4.79 Å². The van der Waals surface area contributed by atoms with Crippen molar-refractivity contribution >= 4 is 27.6 Å². The first-order valence-corrected chi connectivity index (χ1v) is 7.11. The number of carbonyl (C=O) groups excluding carboxylic acids is 1. The van der Waals surface area contributed by atoms with Crippen LogP contribution in [-0.2, 0) is 4.74 Å². The molecule has 0 saturated heterocycles. The minimum absolute atomic E-state index is 0.260. The average molecular weight is 288 g/mol. The first-order chi connectivity index (χ1) is 9.44. The van der Waals surface area contributed by atoms with E-state index >= 15 is 0 Å². The molecular formula is C15H16N2O2S. The molecule has 0 unspecified atom stereocenters. The van der Waals surface area contributed by atoms with Gasteiger partial charge in [-0.25, -0.2) is 9.78 Å². The Balaban J connectivity index is 1.89. The van der Waals surface area contributed by atoms with E-state index in [0.717, 1.165) is 15.8 Å². The molecule has 104 valence electrons. The van der Waals surface area contributed by atoms with Gasteiger partial charge in [0, 0.05) is 5.56 Å². The van der Waals surface area contributed by atoms with E-state index < -0.39 is 11.7 Å². The van der Waals surface area contributed by atoms with E-state index in [1.807, 2.05) is 44.5 Å². The predicted octanol–water partition coefficient (Wildman–Crippen LogP) is 3.17. The van der Waals surface area contributed by atoms with Gasteiger partial charge in [-0.1, -0.05) is 11.8 Å². The first-order valence-electron chi connectivity index (χ1n) is 6.23. The Kier molecular flexibility index (Phi) is 4.26. The predicted molar refractivity (Wildman–Crippen MR) is 80.7 cm³/mol. The molecule has 0 aliphatic carbocycles. The Morgan fingerprint density at radius 2 is 2.25 bits per heavy atom. The Morgan fingerprint density at radius 1 is 1.45 bits per heavy atom. The van der Waals surface area contributed by atoms with E-state index in [9.17, 15) is 4.79 Å². The summed E-state index contributed by atoms with van der Waals surface area (Å²) in [7, 11) is 0. The second kappa shape index (κ2) is 5.93. The van der Waals surface area contributed by atoms with Gasteiger partial charge < -0.3 is 10.1 Å². The van der Waals surface area contributed by atoms with Crippen LogP contribution in [0.15, 0.2) is 23.7 Å². The molecule has 0 radical (unpaired) electrons. The van der Waals surface area contributed by atoms with Crippen LogP contribution in [0, 0.1) is 11.8 Å². The molecule has 4 nitrogen and oxygen atoms in total. The first kappa shape index (κ1) is 14.4. The summed E-state index contributed by atoms with van der Waals surface area (Å²) in [4.78, 5) is 15.6. The molecular weight excluding hydrogens is 272 g/mol. The van der Waals surface area contributed by atoms with Crippen molar-refractivity contribution in [2.75, 3.05) is 6.54 Å². The lowest BCUT2D eigenvalue weighted by atomic mass is 10.2. The van der Waals surface area contributed by atoms with Crippen LogP contribution in [0.2, 0.25) is 0 Å². The van der Waals surface area contributed by atoms with Gasteiger partial charge >= 0.3 is 6.09 Å². The van der Waals surface area contributed by atoms with Crippen LogP contribution in [-0.4, -0.2) is 23.2 Å². The monoisotopic (exact) mass is 288 g/mol. The summed E-state index contributed by atoms with van der Waals surface area (Å²) in [6.45, 7) is 5.73. The fraction of sp³-hybridized carbons (Fsp3) is 0.333. The van der Waals surface area contributed by atoms with Gasteiger partial charge in [-0.05, 0) is 39.0 Å². The lowest BCUT2D eigenvalue weighted by Crippen LogP contribution is -2.32. The molecule has 1 aromatic heterocycles. The molecule has 0 fully saturated rings. The van der Waals surface area contributed by atoms with Gasteiger partial charge in [0.25, 0.3) is 0 Å². The number of benzene rings is 1. The van der Waals surface area contributed by atoms with Gasteiger partial charge in [-0.3, -0.25) is 0 Å². The summed E-state index contributed by atoms with van der Waals surface area (Å²) in [6.07, 6.45) is -0.454. The zero-order chi connectivity index (χ0) is 14.6. The zero-order valence-corrected chi connectivity index (χ0v) is 12.5. The number of rotatable bonds is 1. The highest BCUT2D eigenvalue weighted by Gasteiger charge is 2.14. The Labute approximate surface area is 122 Å². The highest BCUT2D eigenvalue weighted by Crippen LogP contribution is 2.18. The van der Waals surface area contributed by atoms with E-state index in [-0.39, 0.29) is 6.54 Å². The molecule has 20 heavy (non-hydrogen) atoms. The smallest absolute Gasteiger partial charge is 0.408 e. The Hall–Kier alpha value is -2.06. The van der Waals surface area contributed by atoms with E-state index in [0.29, 0.717) is 0 Å². The van der Waals surface area contributed by atoms with Crippen molar-refractivity contribution in [1.29, 1.82) is 0 Å². The maximum absolute atomic E-state index is 11.4. The molecule has 2 rings (SSSR count). The highest BCUT2D eigenvalue weighted by molar-refractivity contribution is 7.16. The number of aromatic nitrogens is 1. The van der Waals surface area contributed by atoms with E-state index in [1.54, 1.807) is 11.3 Å². The molecule has 1 N–H and O–H groups in total. The standard InChI is InChI=1S/C15H16N2O2S/c1-15(2,3)19-14(18)16-8-4-5-11-6-7-12-13(9-11)20-10-17-12/h6-7,9-10H,8H2,1-3H3,(H,16,18). The summed E-state index contributed by atoms with van der Waals surface area (Å²) in [5.74, 6) is 5.90. The number of amides is 1. The SMILES string of the molecule is CC(C)(C)OC(=O)NCC#Cc1ccc2ncsc2c1. The van der Waals surface area contributed by atoms with Crippen molar-refractivity contribution in [2.45, 2.75) is 26.4 Å². The third-order valence-corrected chi connectivity index (χ3v) is 3.08. The fourth-order valence-corrected chi connectivity index (χ4v) is 2.23. The van der Waals surface area contributed by atoms with Gasteiger partial charge in [0.05, 0.1) is 22.3 Å². The maximum Gasteiger partial charge on any atom is 0.408 e. The molecule has 0 aliphatic heterocycles. The fourth-order valence-electron chi connectivity index (χ4n) is 1.51. The number of thiazole rings is 1. The topological polar surface area (TPSA) is 51.2 Å². The summed E-state index contributed by atoms with van der Waals surface area (Å²) in [5, 5.41) is 2.60. The molecule has 0 spiro atoms. The molecule has 1 heterocycles. The number of hydrogen-bond donors (Lipinski definition) is 1. The molecule has 1 amide bonds. The van der Waals surface area contributed by atoms with Crippen LogP contribution in [0.1, 0.15) is 26.3 Å². The summed E-state index contributed by atoms with van der Waals surface area (Å²) in [6, 6.07) is 5.85. The van der Waals surface area contributed by atoms with Crippen molar-refractivity contribution < 1.29 is 9.53 Å². The van der Waals surface area contributed by atoms with E-state index in [4.69, 9.17) is 4.74 Å². The number of nitrogens with one attached hydrogen (secondary N) is 1. The number of fused-ring (bicyclic) bond motifs is 1. The zero-order valence-electron chi connectivity index (χ0n) is 11.7. The molecule has 0 atom stereocenters. The third-order valence-electron chi connectivity index (χ3n) is 2.28. The van der Waals surface area contributed by atoms with Gasteiger partial charge in [0.15, 0.2) is 0 Å². The Morgan fingerprint density at radius 3 is 3.00 bits per heavy atom. The van der Waals surface area contributed by atoms with Crippen LogP contribution < -0.4 is 5.32 Å². The van der Waals surface area contributed by atoms with Crippen LogP contribution in [0.3, 0.4) is 0 Å². The van der Waals surface area contributed by atoms with Crippen LogP contribution in [0.5, 0.6) is 0 Å². The Bertz CT molecular complexity index is 674. The normalized spacial score (nSPS) is 10.8. The van der Waals surface area contributed by atoms with Gasteiger partial charge in [-0.2, -0.15) is 0 Å². The summed E-state index contributed by atoms with van der Waals surface area (Å²) >= 11 is 1.58. The van der Waals surface area contributed by atoms with E-state index in [1.165, 1.54) is 0 Å². The minimum atomic E-state index is -0.491. The number of nitrogens with zero attached hydrogens (tertiary/aromatic N) is 1. The number of hydrogen-bond acceptors (Lipinski definition) is 4. The molecule has 2 aromatic rings. The average Bonchev–Trinajstić information content (AvgIpc) is 2.79. The number of alkyl carbamates (subject to hydrolysis) is 1. The van der Waals surface area contributed by atoms with E-state index in [2.05, 4.69) is 22.1 Å². The van der Waals surface area contributed by atoms with Crippen molar-refractivity contribution in [3.05, 3.63) is 29.3 Å². The highest BCUT2D eigenvalue weighted by atomic mass is 32.1. The van der Waals surface area contributed by atoms with Crippen LogP contribution in [0.25, 0.3) is 10.2 Å². The summed E-state index contributed by atoms with van der Waals surface area (Å²) < 4.78 is 6.22. The number of carbonyl (C=O) groups is 1. The molecule has 0 saturated carbocycles.